The molecular weight excluding hydrogens is 243 g/mol. The number of halogens is 1. The maximum absolute atomic E-state index is 14.0. The van der Waals surface area contributed by atoms with Crippen LogP contribution in [-0.4, -0.2) is 38.2 Å². The van der Waals surface area contributed by atoms with Crippen molar-refractivity contribution >= 4 is 0 Å². The number of benzene rings is 1. The molecule has 1 fully saturated rings. The first-order valence-corrected chi connectivity index (χ1v) is 6.92. The average molecular weight is 266 g/mol. The SMILES string of the molecule is CNC(C)c1ccc(OC2CCN(C)CC2)c(F)c1. The Morgan fingerprint density at radius 1 is 1.37 bits per heavy atom. The molecule has 1 atom stereocenters. The van der Waals surface area contributed by atoms with Gasteiger partial charge in [0.1, 0.15) is 6.10 Å². The number of hydrogen-bond donors (Lipinski definition) is 1. The van der Waals surface area contributed by atoms with Crippen molar-refractivity contribution in [3.8, 4) is 5.75 Å². The number of nitrogens with one attached hydrogen (secondary N) is 1. The molecule has 1 aliphatic heterocycles. The third kappa shape index (κ3) is 3.67. The van der Waals surface area contributed by atoms with Crippen molar-refractivity contribution in [1.82, 2.24) is 10.2 Å². The molecule has 1 unspecified atom stereocenters. The molecule has 1 N–H and O–H groups in total. The third-order valence-corrected chi connectivity index (χ3v) is 3.85. The largest absolute Gasteiger partial charge is 0.487 e. The summed E-state index contributed by atoms with van der Waals surface area (Å²) in [4.78, 5) is 2.27. The van der Waals surface area contributed by atoms with Crippen LogP contribution in [0.5, 0.6) is 5.75 Å². The second-order valence-electron chi connectivity index (χ2n) is 5.32. The van der Waals surface area contributed by atoms with Crippen molar-refractivity contribution < 1.29 is 9.13 Å². The van der Waals surface area contributed by atoms with Gasteiger partial charge >= 0.3 is 0 Å². The summed E-state index contributed by atoms with van der Waals surface area (Å²) in [6, 6.07) is 5.38. The third-order valence-electron chi connectivity index (χ3n) is 3.85. The molecule has 2 rings (SSSR count). The zero-order valence-corrected chi connectivity index (χ0v) is 11.9. The van der Waals surface area contributed by atoms with Gasteiger partial charge < -0.3 is 15.0 Å². The maximum atomic E-state index is 14.0. The van der Waals surface area contributed by atoms with Gasteiger partial charge in [-0.05, 0) is 51.6 Å². The standard InChI is InChI=1S/C15H23FN2O/c1-11(17-2)12-4-5-15(14(16)10-12)19-13-6-8-18(3)9-7-13/h4-5,10-11,13,17H,6-9H2,1-3H3. The summed E-state index contributed by atoms with van der Waals surface area (Å²) in [5.41, 5.74) is 0.940. The molecule has 19 heavy (non-hydrogen) atoms. The van der Waals surface area contributed by atoms with Gasteiger partial charge in [0.2, 0.25) is 0 Å². The van der Waals surface area contributed by atoms with E-state index in [1.165, 1.54) is 0 Å². The molecule has 0 saturated carbocycles. The summed E-state index contributed by atoms with van der Waals surface area (Å²) in [6.07, 6.45) is 2.06. The minimum absolute atomic E-state index is 0.137. The van der Waals surface area contributed by atoms with Crippen LogP contribution < -0.4 is 10.1 Å². The van der Waals surface area contributed by atoms with Gasteiger partial charge in [-0.15, -0.1) is 0 Å². The molecule has 0 aromatic heterocycles. The van der Waals surface area contributed by atoms with Gasteiger partial charge in [0, 0.05) is 19.1 Å². The fourth-order valence-corrected chi connectivity index (χ4v) is 2.33. The molecule has 4 heteroatoms. The molecule has 1 aliphatic rings. The van der Waals surface area contributed by atoms with Crippen LogP contribution >= 0.6 is 0 Å². The molecule has 1 heterocycles. The van der Waals surface area contributed by atoms with Crippen LogP contribution in [0.2, 0.25) is 0 Å². The Kier molecular flexibility index (Phi) is 4.77. The minimum Gasteiger partial charge on any atom is -0.487 e. The normalized spacial score (nSPS) is 19.4. The van der Waals surface area contributed by atoms with Crippen LogP contribution in [0.15, 0.2) is 18.2 Å². The first-order valence-electron chi connectivity index (χ1n) is 6.92. The van der Waals surface area contributed by atoms with Gasteiger partial charge in [0.25, 0.3) is 0 Å². The van der Waals surface area contributed by atoms with Gasteiger partial charge in [-0.2, -0.15) is 0 Å². The molecule has 0 spiro atoms. The fraction of sp³-hybridized carbons (Fsp3) is 0.600. The molecule has 1 aromatic rings. The highest BCUT2D eigenvalue weighted by Gasteiger charge is 2.19. The van der Waals surface area contributed by atoms with E-state index in [2.05, 4.69) is 17.3 Å². The minimum atomic E-state index is -0.265. The van der Waals surface area contributed by atoms with Crippen molar-refractivity contribution in [2.45, 2.75) is 31.9 Å². The number of hydrogen-bond acceptors (Lipinski definition) is 3. The van der Waals surface area contributed by atoms with Crippen molar-refractivity contribution in [2.75, 3.05) is 27.2 Å². The Labute approximate surface area is 114 Å². The van der Waals surface area contributed by atoms with E-state index in [1.807, 2.05) is 20.0 Å². The van der Waals surface area contributed by atoms with Crippen molar-refractivity contribution in [2.24, 2.45) is 0 Å². The van der Waals surface area contributed by atoms with Crippen molar-refractivity contribution in [3.05, 3.63) is 29.6 Å². The summed E-state index contributed by atoms with van der Waals surface area (Å²) in [5, 5.41) is 3.10. The molecule has 1 aromatic carbocycles. The van der Waals surface area contributed by atoms with E-state index in [1.54, 1.807) is 12.1 Å². The van der Waals surface area contributed by atoms with E-state index < -0.39 is 0 Å². The Morgan fingerprint density at radius 2 is 2.05 bits per heavy atom. The summed E-state index contributed by atoms with van der Waals surface area (Å²) in [6.45, 7) is 4.04. The fourth-order valence-electron chi connectivity index (χ4n) is 2.33. The van der Waals surface area contributed by atoms with E-state index in [0.717, 1.165) is 31.5 Å². The molecule has 3 nitrogen and oxygen atoms in total. The lowest BCUT2D eigenvalue weighted by molar-refractivity contribution is 0.110. The molecule has 0 radical (unpaired) electrons. The molecule has 0 aliphatic carbocycles. The second kappa shape index (κ2) is 6.35. The van der Waals surface area contributed by atoms with Gasteiger partial charge in [0.05, 0.1) is 0 Å². The maximum Gasteiger partial charge on any atom is 0.165 e. The predicted molar refractivity (Wildman–Crippen MR) is 75.0 cm³/mol. The summed E-state index contributed by atoms with van der Waals surface area (Å²) < 4.78 is 19.8. The lowest BCUT2D eigenvalue weighted by Crippen LogP contribution is -2.35. The first kappa shape index (κ1) is 14.3. The van der Waals surface area contributed by atoms with E-state index in [9.17, 15) is 4.39 Å². The second-order valence-corrected chi connectivity index (χ2v) is 5.32. The highest BCUT2D eigenvalue weighted by molar-refractivity contribution is 5.31. The summed E-state index contributed by atoms with van der Waals surface area (Å²) in [7, 11) is 3.97. The van der Waals surface area contributed by atoms with E-state index >= 15 is 0 Å². The van der Waals surface area contributed by atoms with Gasteiger partial charge in [0.15, 0.2) is 11.6 Å². The zero-order valence-electron chi connectivity index (χ0n) is 11.9. The monoisotopic (exact) mass is 266 g/mol. The van der Waals surface area contributed by atoms with Crippen LogP contribution in [0.4, 0.5) is 4.39 Å². The lowest BCUT2D eigenvalue weighted by Gasteiger charge is -2.29. The van der Waals surface area contributed by atoms with Gasteiger partial charge in [-0.1, -0.05) is 6.07 Å². The quantitative estimate of drug-likeness (QED) is 0.906. The number of nitrogens with zero attached hydrogens (tertiary/aromatic N) is 1. The molecule has 1 saturated heterocycles. The smallest absolute Gasteiger partial charge is 0.165 e. The number of piperidine rings is 1. The van der Waals surface area contributed by atoms with E-state index in [-0.39, 0.29) is 18.0 Å². The topological polar surface area (TPSA) is 24.5 Å². The van der Waals surface area contributed by atoms with Crippen LogP contribution in [-0.2, 0) is 0 Å². The number of ether oxygens (including phenoxy) is 1. The Morgan fingerprint density at radius 3 is 2.63 bits per heavy atom. The van der Waals surface area contributed by atoms with Gasteiger partial charge in [-0.3, -0.25) is 0 Å². The summed E-state index contributed by atoms with van der Waals surface area (Å²) in [5.74, 6) is 0.111. The summed E-state index contributed by atoms with van der Waals surface area (Å²) >= 11 is 0. The number of likely N-dealkylation sites (tertiary alicyclic amines) is 1. The van der Waals surface area contributed by atoms with Crippen LogP contribution in [0.1, 0.15) is 31.4 Å². The molecule has 106 valence electrons. The highest BCUT2D eigenvalue weighted by Crippen LogP contribution is 2.25. The molecule has 0 amide bonds. The molecular formula is C15H23FN2O. The van der Waals surface area contributed by atoms with E-state index in [4.69, 9.17) is 4.74 Å². The molecule has 0 bridgehead atoms. The van der Waals surface area contributed by atoms with Crippen LogP contribution in [0.3, 0.4) is 0 Å². The Hall–Kier alpha value is -1.13. The van der Waals surface area contributed by atoms with Gasteiger partial charge in [-0.25, -0.2) is 4.39 Å². The highest BCUT2D eigenvalue weighted by atomic mass is 19.1. The van der Waals surface area contributed by atoms with Crippen molar-refractivity contribution in [3.63, 3.8) is 0 Å². The number of rotatable bonds is 4. The Balaban J connectivity index is 2.01. The average Bonchev–Trinajstić information content (AvgIpc) is 2.42. The van der Waals surface area contributed by atoms with Crippen LogP contribution in [0, 0.1) is 5.82 Å². The lowest BCUT2D eigenvalue weighted by atomic mass is 10.1. The predicted octanol–water partition coefficient (Wildman–Crippen LogP) is 2.58. The Bertz CT molecular complexity index is 417. The first-order chi connectivity index (χ1) is 9.10. The van der Waals surface area contributed by atoms with Crippen molar-refractivity contribution in [1.29, 1.82) is 0 Å². The zero-order chi connectivity index (χ0) is 13.8. The van der Waals surface area contributed by atoms with E-state index in [0.29, 0.717) is 5.75 Å². The van der Waals surface area contributed by atoms with Crippen LogP contribution in [0.25, 0.3) is 0 Å².